The minimum absolute atomic E-state index is 0.198. The molecule has 0 heterocycles. The van der Waals surface area contributed by atoms with Gasteiger partial charge in [0.15, 0.2) is 0 Å². The molecule has 0 unspecified atom stereocenters. The van der Waals surface area contributed by atoms with E-state index in [9.17, 15) is 4.79 Å². The van der Waals surface area contributed by atoms with Crippen LogP contribution < -0.4 is 5.73 Å². The van der Waals surface area contributed by atoms with Gasteiger partial charge >= 0.3 is 5.97 Å². The summed E-state index contributed by atoms with van der Waals surface area (Å²) >= 11 is 0. The van der Waals surface area contributed by atoms with Crippen molar-refractivity contribution in [2.24, 2.45) is 5.73 Å². The molecule has 0 saturated carbocycles. The first-order valence-corrected chi connectivity index (χ1v) is 3.26. The van der Waals surface area contributed by atoms with E-state index in [1.807, 2.05) is 6.92 Å². The lowest BCUT2D eigenvalue weighted by Gasteiger charge is -1.96. The molecule has 0 fully saturated rings. The molecule has 0 spiro atoms. The van der Waals surface area contributed by atoms with Gasteiger partial charge in [0.05, 0.1) is 7.11 Å². The second-order valence-electron chi connectivity index (χ2n) is 1.94. The zero-order valence-electron chi connectivity index (χ0n) is 6.39. The van der Waals surface area contributed by atoms with E-state index in [1.54, 1.807) is 6.08 Å². The highest BCUT2D eigenvalue weighted by atomic mass is 16.5. The minimum Gasteiger partial charge on any atom is -0.464 e. The second kappa shape index (κ2) is 4.85. The number of esters is 1. The van der Waals surface area contributed by atoms with Gasteiger partial charge in [-0.15, -0.1) is 0 Å². The molecule has 0 aromatic rings. The standard InChI is InChI=1S/C7H13NO2/c1-3-4-5-6(8)7(9)10-2/h5H,3-4,8H2,1-2H3. The van der Waals surface area contributed by atoms with Crippen LogP contribution in [0.4, 0.5) is 0 Å². The SMILES string of the molecule is CCCC=C(N)C(=O)OC. The Balaban J connectivity index is 3.80. The number of carbonyl (C=O) groups excluding carboxylic acids is 1. The number of hydrogen-bond acceptors (Lipinski definition) is 3. The molecule has 0 saturated heterocycles. The van der Waals surface area contributed by atoms with Crippen LogP contribution in [0.3, 0.4) is 0 Å². The first kappa shape index (κ1) is 9.01. The molecule has 58 valence electrons. The molecule has 0 radical (unpaired) electrons. The first-order chi connectivity index (χ1) is 4.72. The Hall–Kier alpha value is -0.990. The summed E-state index contributed by atoms with van der Waals surface area (Å²) < 4.78 is 4.38. The number of unbranched alkanes of at least 4 members (excludes halogenated alkanes) is 1. The van der Waals surface area contributed by atoms with E-state index in [4.69, 9.17) is 5.73 Å². The van der Waals surface area contributed by atoms with Gasteiger partial charge in [0.1, 0.15) is 5.70 Å². The molecule has 2 N–H and O–H groups in total. The van der Waals surface area contributed by atoms with Crippen LogP contribution in [0.2, 0.25) is 0 Å². The van der Waals surface area contributed by atoms with Gasteiger partial charge < -0.3 is 10.5 Å². The predicted octanol–water partition coefficient (Wildman–Crippen LogP) is 0.802. The van der Waals surface area contributed by atoms with Gasteiger partial charge in [0.25, 0.3) is 0 Å². The third kappa shape index (κ3) is 3.12. The van der Waals surface area contributed by atoms with Crippen molar-refractivity contribution in [3.8, 4) is 0 Å². The molecule has 0 aliphatic carbocycles. The van der Waals surface area contributed by atoms with Crippen LogP contribution in [0.5, 0.6) is 0 Å². The lowest BCUT2D eigenvalue weighted by molar-refractivity contribution is -0.136. The van der Waals surface area contributed by atoms with Crippen molar-refractivity contribution >= 4 is 5.97 Å². The summed E-state index contributed by atoms with van der Waals surface area (Å²) in [6.07, 6.45) is 3.48. The van der Waals surface area contributed by atoms with E-state index in [2.05, 4.69) is 4.74 Å². The Morgan fingerprint density at radius 3 is 2.70 bits per heavy atom. The van der Waals surface area contributed by atoms with Crippen molar-refractivity contribution < 1.29 is 9.53 Å². The van der Waals surface area contributed by atoms with Gasteiger partial charge in [0.2, 0.25) is 0 Å². The summed E-state index contributed by atoms with van der Waals surface area (Å²) in [6, 6.07) is 0. The average Bonchev–Trinajstić information content (AvgIpc) is 1.98. The monoisotopic (exact) mass is 143 g/mol. The molecule has 0 bridgehead atoms. The number of ether oxygens (including phenoxy) is 1. The molecule has 10 heavy (non-hydrogen) atoms. The van der Waals surface area contributed by atoms with E-state index in [1.165, 1.54) is 7.11 Å². The largest absolute Gasteiger partial charge is 0.464 e. The number of nitrogens with two attached hydrogens (primary N) is 1. The Bertz CT molecular complexity index is 141. The van der Waals surface area contributed by atoms with Gasteiger partial charge in [-0.1, -0.05) is 19.4 Å². The predicted molar refractivity (Wildman–Crippen MR) is 39.2 cm³/mol. The average molecular weight is 143 g/mol. The lowest BCUT2D eigenvalue weighted by Crippen LogP contribution is -2.12. The van der Waals surface area contributed by atoms with Gasteiger partial charge in [-0.2, -0.15) is 0 Å². The molecule has 0 amide bonds. The highest BCUT2D eigenvalue weighted by Gasteiger charge is 2.01. The molecule has 0 aromatic carbocycles. The highest BCUT2D eigenvalue weighted by molar-refractivity contribution is 5.87. The van der Waals surface area contributed by atoms with E-state index < -0.39 is 5.97 Å². The summed E-state index contributed by atoms with van der Waals surface area (Å²) in [5.41, 5.74) is 5.50. The fraction of sp³-hybridized carbons (Fsp3) is 0.571. The topological polar surface area (TPSA) is 52.3 Å². The van der Waals surface area contributed by atoms with E-state index in [0.29, 0.717) is 0 Å². The van der Waals surface area contributed by atoms with Crippen molar-refractivity contribution in [3.63, 3.8) is 0 Å². The lowest BCUT2D eigenvalue weighted by atomic mass is 10.3. The van der Waals surface area contributed by atoms with Crippen LogP contribution in [-0.2, 0) is 9.53 Å². The third-order valence-electron chi connectivity index (χ3n) is 1.07. The number of hydrogen-bond donors (Lipinski definition) is 1. The third-order valence-corrected chi connectivity index (χ3v) is 1.07. The summed E-state index contributed by atoms with van der Waals surface area (Å²) in [5.74, 6) is -0.451. The van der Waals surface area contributed by atoms with E-state index in [0.717, 1.165) is 12.8 Å². The van der Waals surface area contributed by atoms with Crippen molar-refractivity contribution in [1.29, 1.82) is 0 Å². The van der Waals surface area contributed by atoms with Crippen LogP contribution in [0.25, 0.3) is 0 Å². The van der Waals surface area contributed by atoms with E-state index in [-0.39, 0.29) is 5.70 Å². The highest BCUT2D eigenvalue weighted by Crippen LogP contribution is 1.93. The Morgan fingerprint density at radius 2 is 2.30 bits per heavy atom. The first-order valence-electron chi connectivity index (χ1n) is 3.26. The van der Waals surface area contributed by atoms with Gasteiger partial charge in [-0.05, 0) is 6.42 Å². The van der Waals surface area contributed by atoms with E-state index >= 15 is 0 Å². The number of rotatable bonds is 3. The van der Waals surface area contributed by atoms with Gasteiger partial charge in [-0.3, -0.25) is 0 Å². The maximum Gasteiger partial charge on any atom is 0.353 e. The maximum atomic E-state index is 10.6. The molecular weight excluding hydrogens is 130 g/mol. The Morgan fingerprint density at radius 1 is 1.70 bits per heavy atom. The maximum absolute atomic E-state index is 10.6. The summed E-state index contributed by atoms with van der Waals surface area (Å²) in [7, 11) is 1.31. The minimum atomic E-state index is -0.451. The summed E-state index contributed by atoms with van der Waals surface area (Å²) in [6.45, 7) is 2.01. The van der Waals surface area contributed by atoms with Crippen LogP contribution in [-0.4, -0.2) is 13.1 Å². The molecule has 0 aliphatic heterocycles. The molecule has 0 aromatic heterocycles. The molecule has 0 atom stereocenters. The second-order valence-corrected chi connectivity index (χ2v) is 1.94. The van der Waals surface area contributed by atoms with Crippen LogP contribution in [0, 0.1) is 0 Å². The smallest absolute Gasteiger partial charge is 0.353 e. The molecular formula is C7H13NO2. The fourth-order valence-corrected chi connectivity index (χ4v) is 0.501. The number of methoxy groups -OCH3 is 1. The molecule has 0 aliphatic rings. The number of carbonyl (C=O) groups is 1. The summed E-state index contributed by atoms with van der Waals surface area (Å²) in [4.78, 5) is 10.6. The molecule has 0 rings (SSSR count). The normalized spacial score (nSPS) is 11.2. The van der Waals surface area contributed by atoms with Crippen molar-refractivity contribution in [2.75, 3.05) is 7.11 Å². The summed E-state index contributed by atoms with van der Waals surface area (Å²) in [5, 5.41) is 0. The zero-order chi connectivity index (χ0) is 7.98. The molecule has 3 nitrogen and oxygen atoms in total. The van der Waals surface area contributed by atoms with Crippen molar-refractivity contribution in [3.05, 3.63) is 11.8 Å². The van der Waals surface area contributed by atoms with Crippen LogP contribution >= 0.6 is 0 Å². The van der Waals surface area contributed by atoms with Crippen molar-refractivity contribution in [1.82, 2.24) is 0 Å². The Labute approximate surface area is 60.9 Å². The van der Waals surface area contributed by atoms with Crippen LogP contribution in [0.1, 0.15) is 19.8 Å². The quantitative estimate of drug-likeness (QED) is 0.469. The zero-order valence-corrected chi connectivity index (χ0v) is 6.39. The van der Waals surface area contributed by atoms with Crippen molar-refractivity contribution in [2.45, 2.75) is 19.8 Å². The molecule has 3 heteroatoms. The number of allylic oxidation sites excluding steroid dienone is 1. The Kier molecular flexibility index (Phi) is 4.37. The van der Waals surface area contributed by atoms with Gasteiger partial charge in [-0.25, -0.2) is 4.79 Å². The fourth-order valence-electron chi connectivity index (χ4n) is 0.501. The van der Waals surface area contributed by atoms with Gasteiger partial charge in [0, 0.05) is 0 Å². The van der Waals surface area contributed by atoms with Crippen LogP contribution in [0.15, 0.2) is 11.8 Å².